The number of ether oxygens (including phenoxy) is 1. The van der Waals surface area contributed by atoms with Gasteiger partial charge in [-0.1, -0.05) is 6.92 Å². The molecule has 0 aliphatic carbocycles. The van der Waals surface area contributed by atoms with Crippen molar-refractivity contribution in [3.05, 3.63) is 28.4 Å². The zero-order valence-electron chi connectivity index (χ0n) is 14.6. The first-order chi connectivity index (χ1) is 11.2. The van der Waals surface area contributed by atoms with E-state index in [9.17, 15) is 14.9 Å². The molecule has 132 valence electrons. The maximum atomic E-state index is 12.2. The van der Waals surface area contributed by atoms with Crippen LogP contribution in [0.25, 0.3) is 0 Å². The largest absolute Gasteiger partial charge is 0.444 e. The topological polar surface area (TPSA) is 88.8 Å². The number of amides is 1. The van der Waals surface area contributed by atoms with E-state index in [0.717, 1.165) is 12.1 Å². The molecule has 2 heterocycles. The van der Waals surface area contributed by atoms with Crippen molar-refractivity contribution >= 4 is 17.6 Å². The summed E-state index contributed by atoms with van der Waals surface area (Å²) in [6.45, 7) is 9.33. The summed E-state index contributed by atoms with van der Waals surface area (Å²) in [7, 11) is 0. The van der Waals surface area contributed by atoms with E-state index < -0.39 is 10.5 Å². The molecule has 8 nitrogen and oxygen atoms in total. The lowest BCUT2D eigenvalue weighted by molar-refractivity contribution is -0.389. The van der Waals surface area contributed by atoms with Gasteiger partial charge >= 0.3 is 11.9 Å². The highest BCUT2D eigenvalue weighted by atomic mass is 16.6. The van der Waals surface area contributed by atoms with Gasteiger partial charge in [0, 0.05) is 31.7 Å². The Kier molecular flexibility index (Phi) is 5.26. The van der Waals surface area contributed by atoms with Crippen LogP contribution in [0.2, 0.25) is 0 Å². The molecule has 1 atom stereocenters. The standard InChI is InChI=1S/C16H24N4O4/c1-5-12-11-18(15(21)24-16(2,3)4)8-9-19(12)13-6-7-14(17-10-13)20(22)23/h6-7,10,12H,5,8-9,11H2,1-4H3. The minimum absolute atomic E-state index is 0.120. The lowest BCUT2D eigenvalue weighted by Crippen LogP contribution is -2.55. The van der Waals surface area contributed by atoms with Gasteiger partial charge in [0.25, 0.3) is 0 Å². The molecule has 0 spiro atoms. The molecule has 1 unspecified atom stereocenters. The number of nitrogens with zero attached hydrogens (tertiary/aromatic N) is 4. The number of anilines is 1. The van der Waals surface area contributed by atoms with E-state index in [1.165, 1.54) is 12.3 Å². The van der Waals surface area contributed by atoms with Gasteiger partial charge < -0.3 is 24.7 Å². The van der Waals surface area contributed by atoms with Gasteiger partial charge in [0.1, 0.15) is 5.60 Å². The van der Waals surface area contributed by atoms with Crippen LogP contribution in [0, 0.1) is 10.1 Å². The van der Waals surface area contributed by atoms with Gasteiger partial charge in [-0.2, -0.15) is 0 Å². The fourth-order valence-corrected chi connectivity index (χ4v) is 2.69. The summed E-state index contributed by atoms with van der Waals surface area (Å²) in [5.41, 5.74) is 0.314. The molecule has 24 heavy (non-hydrogen) atoms. The predicted octanol–water partition coefficient (Wildman–Crippen LogP) is 2.83. The van der Waals surface area contributed by atoms with Gasteiger partial charge in [-0.3, -0.25) is 0 Å². The van der Waals surface area contributed by atoms with Crippen LogP contribution < -0.4 is 4.90 Å². The average Bonchev–Trinajstić information content (AvgIpc) is 2.52. The fourth-order valence-electron chi connectivity index (χ4n) is 2.69. The highest BCUT2D eigenvalue weighted by Gasteiger charge is 2.31. The SMILES string of the molecule is CCC1CN(C(=O)OC(C)(C)C)CCN1c1ccc([N+](=O)[O-])nc1. The number of hydrogen-bond acceptors (Lipinski definition) is 6. The highest BCUT2D eigenvalue weighted by molar-refractivity contribution is 5.69. The van der Waals surface area contributed by atoms with Crippen molar-refractivity contribution in [2.24, 2.45) is 0 Å². The molecule has 1 amide bonds. The van der Waals surface area contributed by atoms with Gasteiger partial charge in [-0.15, -0.1) is 0 Å². The number of carbonyl (C=O) groups is 1. The van der Waals surface area contributed by atoms with Crippen LogP contribution in [0.15, 0.2) is 18.3 Å². The van der Waals surface area contributed by atoms with Crippen LogP contribution in [0.5, 0.6) is 0 Å². The average molecular weight is 336 g/mol. The summed E-state index contributed by atoms with van der Waals surface area (Å²) in [6.07, 6.45) is 2.06. The van der Waals surface area contributed by atoms with Crippen molar-refractivity contribution in [1.29, 1.82) is 0 Å². The van der Waals surface area contributed by atoms with Crippen molar-refractivity contribution in [1.82, 2.24) is 9.88 Å². The van der Waals surface area contributed by atoms with Crippen molar-refractivity contribution in [2.45, 2.75) is 45.8 Å². The number of rotatable bonds is 3. The number of nitro groups is 1. The third kappa shape index (κ3) is 4.33. The van der Waals surface area contributed by atoms with Crippen molar-refractivity contribution in [3.8, 4) is 0 Å². The smallest absolute Gasteiger partial charge is 0.410 e. The zero-order valence-corrected chi connectivity index (χ0v) is 14.6. The van der Waals surface area contributed by atoms with Crippen LogP contribution in [0.1, 0.15) is 34.1 Å². The zero-order chi connectivity index (χ0) is 17.9. The monoisotopic (exact) mass is 336 g/mol. The summed E-state index contributed by atoms with van der Waals surface area (Å²) in [6, 6.07) is 3.23. The first kappa shape index (κ1) is 18.0. The molecule has 0 radical (unpaired) electrons. The van der Waals surface area contributed by atoms with E-state index in [1.54, 1.807) is 11.0 Å². The molecule has 1 aliphatic heterocycles. The molecule has 0 N–H and O–H groups in total. The molecule has 1 aromatic heterocycles. The summed E-state index contributed by atoms with van der Waals surface area (Å²) in [5, 5.41) is 10.7. The van der Waals surface area contributed by atoms with E-state index in [-0.39, 0.29) is 18.0 Å². The van der Waals surface area contributed by atoms with Crippen LogP contribution in [-0.2, 0) is 4.74 Å². The lowest BCUT2D eigenvalue weighted by Gasteiger charge is -2.42. The minimum Gasteiger partial charge on any atom is -0.444 e. The summed E-state index contributed by atoms with van der Waals surface area (Å²) in [5.74, 6) is -0.167. The second-order valence-corrected chi connectivity index (χ2v) is 6.81. The Bertz CT molecular complexity index is 597. The molecule has 0 saturated carbocycles. The fraction of sp³-hybridized carbons (Fsp3) is 0.625. The van der Waals surface area contributed by atoms with Gasteiger partial charge in [-0.05, 0) is 43.2 Å². The Labute approximate surface area is 141 Å². The maximum Gasteiger partial charge on any atom is 0.410 e. The summed E-state index contributed by atoms with van der Waals surface area (Å²) in [4.78, 5) is 30.2. The van der Waals surface area contributed by atoms with Crippen LogP contribution >= 0.6 is 0 Å². The minimum atomic E-state index is -0.516. The molecule has 1 aliphatic rings. The van der Waals surface area contributed by atoms with E-state index >= 15 is 0 Å². The first-order valence-electron chi connectivity index (χ1n) is 8.06. The predicted molar refractivity (Wildman–Crippen MR) is 90.1 cm³/mol. The molecular weight excluding hydrogens is 312 g/mol. The van der Waals surface area contributed by atoms with E-state index in [1.807, 2.05) is 20.8 Å². The third-order valence-corrected chi connectivity index (χ3v) is 3.86. The number of hydrogen-bond donors (Lipinski definition) is 0. The number of piperazine rings is 1. The van der Waals surface area contributed by atoms with Crippen LogP contribution in [0.4, 0.5) is 16.3 Å². The van der Waals surface area contributed by atoms with Gasteiger partial charge in [0.15, 0.2) is 6.20 Å². The Balaban J connectivity index is 2.07. The Morgan fingerprint density at radius 2 is 2.12 bits per heavy atom. The van der Waals surface area contributed by atoms with E-state index in [0.29, 0.717) is 19.6 Å². The third-order valence-electron chi connectivity index (χ3n) is 3.86. The second kappa shape index (κ2) is 7.02. The maximum absolute atomic E-state index is 12.2. The Morgan fingerprint density at radius 3 is 2.62 bits per heavy atom. The van der Waals surface area contributed by atoms with Gasteiger partial charge in [0.05, 0.1) is 5.69 Å². The van der Waals surface area contributed by atoms with Gasteiger partial charge in [0.2, 0.25) is 0 Å². The molecule has 1 saturated heterocycles. The van der Waals surface area contributed by atoms with Gasteiger partial charge in [-0.25, -0.2) is 4.79 Å². The number of aromatic nitrogens is 1. The molecule has 0 aromatic carbocycles. The first-order valence-corrected chi connectivity index (χ1v) is 8.06. The molecule has 1 aromatic rings. The lowest BCUT2D eigenvalue weighted by atomic mass is 10.1. The van der Waals surface area contributed by atoms with Crippen molar-refractivity contribution in [2.75, 3.05) is 24.5 Å². The normalized spacial score (nSPS) is 18.4. The molecule has 2 rings (SSSR count). The molecule has 1 fully saturated rings. The van der Waals surface area contributed by atoms with E-state index in [2.05, 4.69) is 16.8 Å². The van der Waals surface area contributed by atoms with Crippen molar-refractivity contribution < 1.29 is 14.5 Å². The second-order valence-electron chi connectivity index (χ2n) is 6.81. The van der Waals surface area contributed by atoms with Crippen molar-refractivity contribution in [3.63, 3.8) is 0 Å². The quantitative estimate of drug-likeness (QED) is 0.623. The molecule has 0 bridgehead atoms. The van der Waals surface area contributed by atoms with Crippen LogP contribution in [-0.4, -0.2) is 52.2 Å². The Hall–Kier alpha value is -2.38. The number of pyridine rings is 1. The number of carbonyl (C=O) groups excluding carboxylic acids is 1. The summed E-state index contributed by atoms with van der Waals surface area (Å²) >= 11 is 0. The van der Waals surface area contributed by atoms with Crippen LogP contribution in [0.3, 0.4) is 0 Å². The highest BCUT2D eigenvalue weighted by Crippen LogP contribution is 2.24. The Morgan fingerprint density at radius 1 is 1.42 bits per heavy atom. The molecule has 8 heteroatoms. The summed E-state index contributed by atoms with van der Waals surface area (Å²) < 4.78 is 5.43. The molecular formula is C16H24N4O4. The van der Waals surface area contributed by atoms with E-state index in [4.69, 9.17) is 4.74 Å².